The summed E-state index contributed by atoms with van der Waals surface area (Å²) in [5.41, 5.74) is 6.21. The first-order valence-electron chi connectivity index (χ1n) is 8.30. The molecule has 0 bridgehead atoms. The average Bonchev–Trinajstić information content (AvgIpc) is 2.45. The van der Waals surface area contributed by atoms with Gasteiger partial charge in [-0.2, -0.15) is 0 Å². The summed E-state index contributed by atoms with van der Waals surface area (Å²) >= 11 is 0. The molecule has 2 aromatic rings. The highest BCUT2D eigenvalue weighted by molar-refractivity contribution is 5.69. The van der Waals surface area contributed by atoms with Gasteiger partial charge in [0.15, 0.2) is 0 Å². The summed E-state index contributed by atoms with van der Waals surface area (Å²) in [7, 11) is 0. The second-order valence-electron chi connectivity index (χ2n) is 6.46. The molecule has 0 aliphatic heterocycles. The molecule has 0 saturated heterocycles. The third-order valence-corrected chi connectivity index (χ3v) is 4.10. The molecule has 0 aliphatic carbocycles. The molecule has 1 atom stereocenters. The molecule has 1 N–H and O–H groups in total. The van der Waals surface area contributed by atoms with Crippen LogP contribution in [0.2, 0.25) is 0 Å². The molecule has 1 aromatic carbocycles. The van der Waals surface area contributed by atoms with Crippen LogP contribution < -0.4 is 5.32 Å². The lowest BCUT2D eigenvalue weighted by Gasteiger charge is -2.14. The fourth-order valence-corrected chi connectivity index (χ4v) is 3.13. The summed E-state index contributed by atoms with van der Waals surface area (Å²) in [6, 6.07) is 10.7. The molecule has 2 heteroatoms. The van der Waals surface area contributed by atoms with Gasteiger partial charge in [-0.05, 0) is 56.4 Å². The Morgan fingerprint density at radius 3 is 2.41 bits per heavy atom. The summed E-state index contributed by atoms with van der Waals surface area (Å²) in [5, 5.41) is 3.48. The molecule has 1 unspecified atom stereocenters. The zero-order valence-corrected chi connectivity index (χ0v) is 14.5. The minimum atomic E-state index is 0.679. The largest absolute Gasteiger partial charge is 0.370 e. The van der Waals surface area contributed by atoms with Crippen LogP contribution in [0.4, 0.5) is 5.82 Å². The number of pyridine rings is 1. The first-order valence-corrected chi connectivity index (χ1v) is 8.30. The Hall–Kier alpha value is -1.83. The molecule has 0 amide bonds. The highest BCUT2D eigenvalue weighted by Gasteiger charge is 2.09. The zero-order valence-electron chi connectivity index (χ0n) is 14.5. The first kappa shape index (κ1) is 16.5. The number of hydrogen-bond donors (Lipinski definition) is 1. The number of nitrogens with zero attached hydrogens (tertiary/aromatic N) is 1. The Kier molecular flexibility index (Phi) is 5.59. The van der Waals surface area contributed by atoms with E-state index in [9.17, 15) is 0 Å². The molecule has 118 valence electrons. The summed E-state index contributed by atoms with van der Waals surface area (Å²) < 4.78 is 0. The van der Waals surface area contributed by atoms with Crippen LogP contribution in [0.1, 0.15) is 43.4 Å². The molecule has 1 heterocycles. The SMILES string of the molecule is CCCC(C)CNc1cccc(-c2c(C)cc(C)cc2C)n1. The second-order valence-corrected chi connectivity index (χ2v) is 6.46. The molecule has 2 rings (SSSR count). The molecular weight excluding hydrogens is 268 g/mol. The van der Waals surface area contributed by atoms with E-state index in [0.29, 0.717) is 5.92 Å². The van der Waals surface area contributed by atoms with Gasteiger partial charge in [0.1, 0.15) is 5.82 Å². The van der Waals surface area contributed by atoms with Gasteiger partial charge in [-0.1, -0.05) is 44.0 Å². The van der Waals surface area contributed by atoms with Gasteiger partial charge in [0.2, 0.25) is 0 Å². The van der Waals surface area contributed by atoms with Crippen molar-refractivity contribution in [3.05, 3.63) is 47.0 Å². The quantitative estimate of drug-likeness (QED) is 0.759. The summed E-state index contributed by atoms with van der Waals surface area (Å²) in [5.74, 6) is 1.65. The predicted molar refractivity (Wildman–Crippen MR) is 96.4 cm³/mol. The highest BCUT2D eigenvalue weighted by Crippen LogP contribution is 2.27. The van der Waals surface area contributed by atoms with Crippen molar-refractivity contribution in [2.45, 2.75) is 47.5 Å². The van der Waals surface area contributed by atoms with Crippen molar-refractivity contribution in [1.29, 1.82) is 0 Å². The lowest BCUT2D eigenvalue weighted by molar-refractivity contribution is 0.550. The smallest absolute Gasteiger partial charge is 0.126 e. The average molecular weight is 296 g/mol. The molecule has 0 spiro atoms. The molecule has 0 aliphatic rings. The van der Waals surface area contributed by atoms with Crippen LogP contribution in [0, 0.1) is 26.7 Å². The van der Waals surface area contributed by atoms with Gasteiger partial charge in [0.25, 0.3) is 0 Å². The summed E-state index contributed by atoms with van der Waals surface area (Å²) in [6.45, 7) is 12.0. The van der Waals surface area contributed by atoms with Crippen molar-refractivity contribution in [1.82, 2.24) is 4.98 Å². The Balaban J connectivity index is 2.22. The molecule has 0 saturated carbocycles. The third kappa shape index (κ3) is 4.09. The van der Waals surface area contributed by atoms with Gasteiger partial charge >= 0.3 is 0 Å². The van der Waals surface area contributed by atoms with Crippen LogP contribution in [-0.4, -0.2) is 11.5 Å². The lowest BCUT2D eigenvalue weighted by atomic mass is 9.97. The van der Waals surface area contributed by atoms with Crippen molar-refractivity contribution in [2.75, 3.05) is 11.9 Å². The number of aryl methyl sites for hydroxylation is 3. The monoisotopic (exact) mass is 296 g/mol. The fraction of sp³-hybridized carbons (Fsp3) is 0.450. The van der Waals surface area contributed by atoms with Crippen molar-refractivity contribution in [3.63, 3.8) is 0 Å². The van der Waals surface area contributed by atoms with E-state index in [1.807, 2.05) is 0 Å². The minimum Gasteiger partial charge on any atom is -0.370 e. The van der Waals surface area contributed by atoms with Gasteiger partial charge in [-0.3, -0.25) is 0 Å². The molecular formula is C20H28N2. The van der Waals surface area contributed by atoms with E-state index >= 15 is 0 Å². The van der Waals surface area contributed by atoms with E-state index in [2.05, 4.69) is 70.3 Å². The molecule has 0 fully saturated rings. The van der Waals surface area contributed by atoms with Crippen LogP contribution in [0.15, 0.2) is 30.3 Å². The number of benzene rings is 1. The normalized spacial score (nSPS) is 12.2. The van der Waals surface area contributed by atoms with Crippen LogP contribution in [0.25, 0.3) is 11.3 Å². The lowest BCUT2D eigenvalue weighted by Crippen LogP contribution is -2.12. The number of rotatable bonds is 6. The van der Waals surface area contributed by atoms with Crippen LogP contribution >= 0.6 is 0 Å². The molecule has 2 nitrogen and oxygen atoms in total. The topological polar surface area (TPSA) is 24.9 Å². The maximum atomic E-state index is 4.82. The van der Waals surface area contributed by atoms with E-state index in [1.54, 1.807) is 0 Å². The van der Waals surface area contributed by atoms with Crippen LogP contribution in [-0.2, 0) is 0 Å². The summed E-state index contributed by atoms with van der Waals surface area (Å²) in [4.78, 5) is 4.82. The predicted octanol–water partition coefficient (Wildman–Crippen LogP) is 5.52. The Labute approximate surface area is 135 Å². The first-order chi connectivity index (χ1) is 10.5. The van der Waals surface area contributed by atoms with Crippen LogP contribution in [0.5, 0.6) is 0 Å². The van der Waals surface area contributed by atoms with Gasteiger partial charge in [0.05, 0.1) is 5.69 Å². The highest BCUT2D eigenvalue weighted by atomic mass is 15.0. The number of nitrogens with one attached hydrogen (secondary N) is 1. The Morgan fingerprint density at radius 2 is 1.77 bits per heavy atom. The van der Waals surface area contributed by atoms with Crippen molar-refractivity contribution < 1.29 is 0 Å². The Bertz CT molecular complexity index is 608. The molecule has 0 radical (unpaired) electrons. The van der Waals surface area contributed by atoms with E-state index < -0.39 is 0 Å². The fourth-order valence-electron chi connectivity index (χ4n) is 3.13. The van der Waals surface area contributed by atoms with E-state index in [-0.39, 0.29) is 0 Å². The van der Waals surface area contributed by atoms with Gasteiger partial charge in [-0.15, -0.1) is 0 Å². The van der Waals surface area contributed by atoms with E-state index in [1.165, 1.54) is 35.1 Å². The van der Waals surface area contributed by atoms with Crippen molar-refractivity contribution in [2.24, 2.45) is 5.92 Å². The maximum absolute atomic E-state index is 4.82. The number of anilines is 1. The molecule has 1 aromatic heterocycles. The van der Waals surface area contributed by atoms with Crippen LogP contribution in [0.3, 0.4) is 0 Å². The Morgan fingerprint density at radius 1 is 1.09 bits per heavy atom. The zero-order chi connectivity index (χ0) is 16.1. The second kappa shape index (κ2) is 7.44. The van der Waals surface area contributed by atoms with Crippen molar-refractivity contribution in [3.8, 4) is 11.3 Å². The standard InChI is InChI=1S/C20H28N2/c1-6-8-14(2)13-21-19-10-7-9-18(22-19)20-16(4)11-15(3)12-17(20)5/h7,9-12,14H,6,8,13H2,1-5H3,(H,21,22). The van der Waals surface area contributed by atoms with Crippen molar-refractivity contribution >= 4 is 5.82 Å². The minimum absolute atomic E-state index is 0.679. The number of aromatic nitrogens is 1. The van der Waals surface area contributed by atoms with E-state index in [4.69, 9.17) is 4.98 Å². The summed E-state index contributed by atoms with van der Waals surface area (Å²) in [6.07, 6.45) is 2.49. The van der Waals surface area contributed by atoms with E-state index in [0.717, 1.165) is 18.1 Å². The molecule has 22 heavy (non-hydrogen) atoms. The van der Waals surface area contributed by atoms with Gasteiger partial charge in [-0.25, -0.2) is 4.98 Å². The van der Waals surface area contributed by atoms with Gasteiger partial charge < -0.3 is 5.32 Å². The maximum Gasteiger partial charge on any atom is 0.126 e. The number of hydrogen-bond acceptors (Lipinski definition) is 2. The van der Waals surface area contributed by atoms with Gasteiger partial charge in [0, 0.05) is 12.1 Å². The third-order valence-electron chi connectivity index (χ3n) is 4.10.